The van der Waals surface area contributed by atoms with Gasteiger partial charge >= 0.3 is 12.5 Å². The lowest BCUT2D eigenvalue weighted by Gasteiger charge is -2.17. The van der Waals surface area contributed by atoms with Gasteiger partial charge in [-0.25, -0.2) is 18.7 Å². The Kier molecular flexibility index (Phi) is 5.22. The van der Waals surface area contributed by atoms with Crippen molar-refractivity contribution in [1.29, 1.82) is 0 Å². The summed E-state index contributed by atoms with van der Waals surface area (Å²) < 4.78 is 68.0. The molecule has 4 heterocycles. The van der Waals surface area contributed by atoms with Gasteiger partial charge in [-0.3, -0.25) is 5.10 Å². The lowest BCUT2D eigenvalue weighted by molar-refractivity contribution is -0.276. The molecule has 1 aliphatic heterocycles. The molecule has 0 unspecified atom stereocenters. The first kappa shape index (κ1) is 22.2. The average Bonchev–Trinajstić information content (AvgIpc) is 3.10. The summed E-state index contributed by atoms with van der Waals surface area (Å²) in [4.78, 5) is 16.0. The molecule has 5 rings (SSSR count). The van der Waals surface area contributed by atoms with E-state index in [4.69, 9.17) is 9.47 Å². The zero-order valence-electron chi connectivity index (χ0n) is 17.6. The van der Waals surface area contributed by atoms with E-state index in [1.165, 1.54) is 18.5 Å². The van der Waals surface area contributed by atoms with Gasteiger partial charge in [-0.05, 0) is 19.8 Å². The first-order valence-corrected chi connectivity index (χ1v) is 10.3. The number of nitrogens with one attached hydrogen (secondary N) is 3. The Labute approximate surface area is 188 Å². The molecule has 34 heavy (non-hydrogen) atoms. The zero-order chi connectivity index (χ0) is 24.1. The minimum absolute atomic E-state index is 0.129. The summed E-state index contributed by atoms with van der Waals surface area (Å²) in [5.41, 5.74) is 0.172. The Bertz CT molecular complexity index is 1210. The van der Waals surface area contributed by atoms with E-state index in [-0.39, 0.29) is 35.0 Å². The maximum absolute atomic E-state index is 14.9. The fourth-order valence-corrected chi connectivity index (χ4v) is 3.50. The number of H-pyrrole nitrogens is 1. The molecule has 3 N–H and O–H groups in total. The number of anilines is 2. The van der Waals surface area contributed by atoms with E-state index in [1.54, 1.807) is 0 Å². The summed E-state index contributed by atoms with van der Waals surface area (Å²) in [6.07, 6.45) is -5.01. The second-order valence-corrected chi connectivity index (χ2v) is 8.30. The molecule has 0 aromatic carbocycles. The van der Waals surface area contributed by atoms with Crippen LogP contribution in [0, 0.1) is 0 Å². The normalized spacial score (nSPS) is 23.6. The number of ether oxygens (including phenoxy) is 3. The minimum Gasteiger partial charge on any atom is -0.441 e. The molecule has 11 nitrogen and oxygen atoms in total. The van der Waals surface area contributed by atoms with Crippen LogP contribution in [-0.2, 0) is 9.47 Å². The van der Waals surface area contributed by atoms with Gasteiger partial charge in [-0.15, -0.1) is 18.3 Å². The highest BCUT2D eigenvalue weighted by Crippen LogP contribution is 2.36. The number of hydrogen-bond acceptors (Lipinski definition) is 8. The lowest BCUT2D eigenvalue weighted by atomic mass is 10.1. The Hall–Kier alpha value is -3.62. The van der Waals surface area contributed by atoms with Crippen LogP contribution in [0.1, 0.15) is 31.6 Å². The molecule has 1 amide bonds. The fourth-order valence-electron chi connectivity index (χ4n) is 3.50. The fraction of sp³-hybridized carbons (Fsp3) is 0.474. The van der Waals surface area contributed by atoms with E-state index in [1.807, 2.05) is 6.92 Å². The number of alkyl halides is 4. The molecule has 0 spiro atoms. The van der Waals surface area contributed by atoms with E-state index in [2.05, 4.69) is 35.7 Å². The minimum atomic E-state index is -4.89. The molecular formula is C19H19F4N7O4. The standard InChI is InChI=1S/C19H19F4N7O4/c1-18(2-3-18)26-17(31)33-11-8-32-15(14(11)20)9-6-12(28-27-9)25-16-10-7-13(34-19(21,22)23)29-30(10)5-4-24-16/h4-7,11,14-15H,2-3,8H2,1H3,(H,26,31)(H2,24,25,27,28)/t11-,14+,15-/m0/s1. The molecule has 15 heteroatoms. The summed E-state index contributed by atoms with van der Waals surface area (Å²) in [6, 6.07) is 2.52. The molecule has 3 aromatic heterocycles. The second-order valence-electron chi connectivity index (χ2n) is 8.30. The highest BCUT2D eigenvalue weighted by molar-refractivity contribution is 5.73. The molecule has 3 atom stereocenters. The van der Waals surface area contributed by atoms with Crippen LogP contribution < -0.4 is 15.4 Å². The van der Waals surface area contributed by atoms with Crippen molar-refractivity contribution in [2.24, 2.45) is 0 Å². The van der Waals surface area contributed by atoms with Gasteiger partial charge in [0, 0.05) is 30.1 Å². The molecule has 1 saturated carbocycles. The topological polar surface area (TPSA) is 128 Å². The van der Waals surface area contributed by atoms with Crippen molar-refractivity contribution in [3.8, 4) is 5.88 Å². The summed E-state index contributed by atoms with van der Waals surface area (Å²) in [6.45, 7) is 1.74. The smallest absolute Gasteiger partial charge is 0.441 e. The number of rotatable bonds is 6. The number of amides is 1. The number of aromatic amines is 1. The van der Waals surface area contributed by atoms with Gasteiger partial charge < -0.3 is 24.8 Å². The van der Waals surface area contributed by atoms with Gasteiger partial charge in [0.25, 0.3) is 0 Å². The summed E-state index contributed by atoms with van der Waals surface area (Å²) in [5, 5.41) is 15.9. The van der Waals surface area contributed by atoms with Gasteiger partial charge in [0.1, 0.15) is 11.6 Å². The zero-order valence-corrected chi connectivity index (χ0v) is 17.6. The first-order chi connectivity index (χ1) is 16.1. The number of carbonyl (C=O) groups is 1. The second kappa shape index (κ2) is 8.00. The number of aromatic nitrogens is 5. The number of fused-ring (bicyclic) bond motifs is 1. The van der Waals surface area contributed by atoms with E-state index in [0.29, 0.717) is 0 Å². The third-order valence-electron chi connectivity index (χ3n) is 5.49. The molecule has 0 bridgehead atoms. The quantitative estimate of drug-likeness (QED) is 0.455. The van der Waals surface area contributed by atoms with Crippen LogP contribution >= 0.6 is 0 Å². The third-order valence-corrected chi connectivity index (χ3v) is 5.49. The summed E-state index contributed by atoms with van der Waals surface area (Å²) in [5.74, 6) is -0.313. The molecule has 182 valence electrons. The predicted molar refractivity (Wildman–Crippen MR) is 106 cm³/mol. The average molecular weight is 485 g/mol. The van der Waals surface area contributed by atoms with Gasteiger partial charge in [-0.1, -0.05) is 0 Å². The van der Waals surface area contributed by atoms with Crippen LogP contribution in [0.15, 0.2) is 24.5 Å². The van der Waals surface area contributed by atoms with Crippen LogP contribution in [0.5, 0.6) is 5.88 Å². The predicted octanol–water partition coefficient (Wildman–Crippen LogP) is 3.15. The third kappa shape index (κ3) is 4.69. The number of halogens is 4. The molecule has 3 aromatic rings. The van der Waals surface area contributed by atoms with Gasteiger partial charge in [0.2, 0.25) is 5.88 Å². The van der Waals surface area contributed by atoms with Crippen molar-refractivity contribution < 1.29 is 36.6 Å². The highest BCUT2D eigenvalue weighted by Gasteiger charge is 2.44. The van der Waals surface area contributed by atoms with E-state index in [0.717, 1.165) is 23.4 Å². The van der Waals surface area contributed by atoms with E-state index >= 15 is 0 Å². The van der Waals surface area contributed by atoms with Gasteiger partial charge in [-0.2, -0.15) is 5.10 Å². The van der Waals surface area contributed by atoms with Gasteiger partial charge in [0.05, 0.1) is 12.3 Å². The number of carbonyl (C=O) groups excluding carboxylic acids is 1. The molecule has 2 fully saturated rings. The van der Waals surface area contributed by atoms with Crippen LogP contribution in [-0.4, -0.2) is 61.7 Å². The number of hydrogen-bond donors (Lipinski definition) is 3. The maximum atomic E-state index is 14.9. The van der Waals surface area contributed by atoms with Crippen molar-refractivity contribution in [1.82, 2.24) is 30.1 Å². The number of alkyl carbamates (subject to hydrolysis) is 1. The summed E-state index contributed by atoms with van der Waals surface area (Å²) in [7, 11) is 0. The lowest BCUT2D eigenvalue weighted by Crippen LogP contribution is -2.39. The van der Waals surface area contributed by atoms with Crippen LogP contribution in [0.25, 0.3) is 5.52 Å². The van der Waals surface area contributed by atoms with Crippen molar-refractivity contribution in [3.63, 3.8) is 0 Å². The highest BCUT2D eigenvalue weighted by atomic mass is 19.4. The number of nitrogens with zero attached hydrogens (tertiary/aromatic N) is 4. The first-order valence-electron chi connectivity index (χ1n) is 10.3. The SMILES string of the molecule is CC1(NC(=O)O[C@H]2CO[C@@H](c3cc(Nc4nccn5nc(OC(F)(F)F)cc45)n[nH]3)[C@@H]2F)CC1. The van der Waals surface area contributed by atoms with Crippen LogP contribution in [0.2, 0.25) is 0 Å². The molecule has 2 aliphatic rings. The van der Waals surface area contributed by atoms with Crippen molar-refractivity contribution in [2.75, 3.05) is 11.9 Å². The molecule has 1 saturated heterocycles. The Morgan fingerprint density at radius 3 is 2.88 bits per heavy atom. The van der Waals surface area contributed by atoms with Crippen molar-refractivity contribution in [2.45, 2.75) is 50.0 Å². The van der Waals surface area contributed by atoms with Crippen molar-refractivity contribution in [3.05, 3.63) is 30.2 Å². The van der Waals surface area contributed by atoms with E-state index < -0.39 is 36.7 Å². The molecule has 0 radical (unpaired) electrons. The Balaban J connectivity index is 1.25. The van der Waals surface area contributed by atoms with Gasteiger partial charge in [0.15, 0.2) is 23.9 Å². The largest absolute Gasteiger partial charge is 0.574 e. The molecule has 1 aliphatic carbocycles. The van der Waals surface area contributed by atoms with Crippen molar-refractivity contribution >= 4 is 23.2 Å². The Morgan fingerprint density at radius 2 is 2.15 bits per heavy atom. The molecular weight excluding hydrogens is 466 g/mol. The maximum Gasteiger partial charge on any atom is 0.574 e. The Morgan fingerprint density at radius 1 is 1.35 bits per heavy atom. The van der Waals surface area contributed by atoms with Crippen LogP contribution in [0.4, 0.5) is 34.0 Å². The monoisotopic (exact) mass is 485 g/mol. The van der Waals surface area contributed by atoms with Crippen LogP contribution in [0.3, 0.4) is 0 Å². The summed E-state index contributed by atoms with van der Waals surface area (Å²) >= 11 is 0. The van der Waals surface area contributed by atoms with E-state index in [9.17, 15) is 22.4 Å².